The third kappa shape index (κ3) is 3.43. The molecule has 0 saturated heterocycles. The van der Waals surface area contributed by atoms with Crippen LogP contribution in [0.15, 0.2) is 35.3 Å². The first-order valence-corrected chi connectivity index (χ1v) is 6.78. The molecule has 21 heavy (non-hydrogen) atoms. The molecule has 110 valence electrons. The number of amides is 1. The Bertz CT molecular complexity index is 746. The van der Waals surface area contributed by atoms with Crippen LogP contribution in [0.25, 0.3) is 0 Å². The number of pyridine rings is 1. The number of hydrogen-bond acceptors (Lipinski definition) is 2. The summed E-state index contributed by atoms with van der Waals surface area (Å²) in [6, 6.07) is 4.77. The van der Waals surface area contributed by atoms with Crippen LogP contribution < -0.4 is 10.9 Å². The van der Waals surface area contributed by atoms with Crippen LogP contribution in [0, 0.1) is 5.82 Å². The normalized spacial score (nSPS) is 12.0. The van der Waals surface area contributed by atoms with Gasteiger partial charge in [0.1, 0.15) is 11.4 Å². The minimum atomic E-state index is -0.630. The number of rotatable bonds is 3. The van der Waals surface area contributed by atoms with Gasteiger partial charge in [-0.25, -0.2) is 4.39 Å². The highest BCUT2D eigenvalue weighted by Gasteiger charge is 2.17. The molecule has 0 fully saturated rings. The predicted molar refractivity (Wildman–Crippen MR) is 79.4 cm³/mol. The molecule has 1 atom stereocenters. The topological polar surface area (TPSA) is 62.0 Å². The van der Waals surface area contributed by atoms with E-state index in [1.807, 2.05) is 0 Å². The smallest absolute Gasteiger partial charge is 0.260 e. The van der Waals surface area contributed by atoms with E-state index < -0.39 is 23.3 Å². The van der Waals surface area contributed by atoms with Crippen LogP contribution in [0.2, 0.25) is 10.0 Å². The molecule has 0 saturated carbocycles. The van der Waals surface area contributed by atoms with E-state index in [1.54, 1.807) is 6.92 Å². The number of benzene rings is 1. The first-order valence-electron chi connectivity index (χ1n) is 6.03. The Morgan fingerprint density at radius 2 is 2.05 bits per heavy atom. The highest BCUT2D eigenvalue weighted by Crippen LogP contribution is 2.28. The van der Waals surface area contributed by atoms with Crippen molar-refractivity contribution in [1.82, 2.24) is 10.3 Å². The average Bonchev–Trinajstić information content (AvgIpc) is 2.43. The Kier molecular flexibility index (Phi) is 4.65. The molecule has 1 aromatic carbocycles. The largest absolute Gasteiger partial charge is 0.345 e. The van der Waals surface area contributed by atoms with Gasteiger partial charge in [0.25, 0.3) is 11.5 Å². The van der Waals surface area contributed by atoms with Gasteiger partial charge in [0, 0.05) is 11.2 Å². The summed E-state index contributed by atoms with van der Waals surface area (Å²) in [5.41, 5.74) is -0.162. The Balaban J connectivity index is 2.24. The maximum absolute atomic E-state index is 13.5. The molecular formula is C14H11Cl2FN2O2. The number of carbonyl (C=O) groups excluding carboxylic acids is 1. The van der Waals surface area contributed by atoms with Gasteiger partial charge in [0.05, 0.1) is 11.1 Å². The average molecular weight is 329 g/mol. The molecule has 0 radical (unpaired) electrons. The van der Waals surface area contributed by atoms with Crippen molar-refractivity contribution in [3.63, 3.8) is 0 Å². The number of H-pyrrole nitrogens is 1. The van der Waals surface area contributed by atoms with Crippen LogP contribution in [-0.4, -0.2) is 10.9 Å². The van der Waals surface area contributed by atoms with Crippen LogP contribution in [0.3, 0.4) is 0 Å². The van der Waals surface area contributed by atoms with Crippen molar-refractivity contribution < 1.29 is 9.18 Å². The fraction of sp³-hybridized carbons (Fsp3) is 0.143. The Hall–Kier alpha value is -1.85. The zero-order valence-corrected chi connectivity index (χ0v) is 12.4. The summed E-state index contributed by atoms with van der Waals surface area (Å²) in [4.78, 5) is 25.9. The van der Waals surface area contributed by atoms with Crippen LogP contribution >= 0.6 is 23.2 Å². The van der Waals surface area contributed by atoms with Gasteiger partial charge in [-0.05, 0) is 36.8 Å². The summed E-state index contributed by atoms with van der Waals surface area (Å²) >= 11 is 11.6. The molecule has 4 nitrogen and oxygen atoms in total. The molecule has 7 heteroatoms. The first-order chi connectivity index (χ1) is 9.90. The van der Waals surface area contributed by atoms with E-state index in [1.165, 1.54) is 24.4 Å². The molecule has 0 spiro atoms. The van der Waals surface area contributed by atoms with Gasteiger partial charge in [-0.1, -0.05) is 23.2 Å². The molecule has 0 bridgehead atoms. The highest BCUT2D eigenvalue weighted by molar-refractivity contribution is 6.35. The fourth-order valence-electron chi connectivity index (χ4n) is 1.82. The van der Waals surface area contributed by atoms with Crippen molar-refractivity contribution in [2.75, 3.05) is 0 Å². The Morgan fingerprint density at radius 1 is 1.33 bits per heavy atom. The highest BCUT2D eigenvalue weighted by atomic mass is 35.5. The third-order valence-electron chi connectivity index (χ3n) is 2.92. The lowest BCUT2D eigenvalue weighted by molar-refractivity contribution is 0.0938. The molecule has 2 aromatic rings. The number of aromatic amines is 1. The molecule has 2 rings (SSSR count). The van der Waals surface area contributed by atoms with Crippen LogP contribution in [0.4, 0.5) is 4.39 Å². The number of aromatic nitrogens is 1. The molecule has 0 unspecified atom stereocenters. The van der Waals surface area contributed by atoms with Crippen molar-refractivity contribution in [2.45, 2.75) is 13.0 Å². The summed E-state index contributed by atoms with van der Waals surface area (Å²) in [5.74, 6) is -1.20. The fourth-order valence-corrected chi connectivity index (χ4v) is 2.37. The van der Waals surface area contributed by atoms with E-state index in [0.29, 0.717) is 5.56 Å². The van der Waals surface area contributed by atoms with E-state index in [-0.39, 0.29) is 15.6 Å². The number of nitrogens with one attached hydrogen (secondary N) is 2. The third-order valence-corrected chi connectivity index (χ3v) is 3.53. The molecule has 1 aromatic heterocycles. The molecule has 1 amide bonds. The second-order valence-corrected chi connectivity index (χ2v) is 5.21. The summed E-state index contributed by atoms with van der Waals surface area (Å²) < 4.78 is 13.5. The number of carbonyl (C=O) groups is 1. The van der Waals surface area contributed by atoms with Gasteiger partial charge in [-0.2, -0.15) is 0 Å². The lowest BCUT2D eigenvalue weighted by atomic mass is 10.1. The Morgan fingerprint density at radius 3 is 2.71 bits per heavy atom. The maximum atomic E-state index is 13.5. The summed E-state index contributed by atoms with van der Waals surface area (Å²) in [6.07, 6.45) is 1.42. The van der Waals surface area contributed by atoms with Crippen molar-refractivity contribution in [3.8, 4) is 0 Å². The quantitative estimate of drug-likeness (QED) is 0.849. The van der Waals surface area contributed by atoms with Crippen LogP contribution in [-0.2, 0) is 0 Å². The molecule has 0 aliphatic heterocycles. The van der Waals surface area contributed by atoms with Crippen LogP contribution in [0.5, 0.6) is 0 Å². The van der Waals surface area contributed by atoms with Gasteiger partial charge in [-0.15, -0.1) is 0 Å². The standard InChI is InChI=1S/C14H11Cl2FN2O2/c1-7(9-5-12(17)11(16)6-10(9)15)19-14(21)8-3-2-4-18-13(8)20/h2-7H,1H3,(H,18,20)(H,19,21)/t7-/m1/s1. The van der Waals surface area contributed by atoms with E-state index in [0.717, 1.165) is 6.07 Å². The molecule has 0 aliphatic rings. The summed E-state index contributed by atoms with van der Waals surface area (Å²) in [6.45, 7) is 1.63. The lowest BCUT2D eigenvalue weighted by Crippen LogP contribution is -2.31. The van der Waals surface area contributed by atoms with Crippen molar-refractivity contribution in [2.24, 2.45) is 0 Å². The zero-order valence-electron chi connectivity index (χ0n) is 10.9. The van der Waals surface area contributed by atoms with Gasteiger partial charge >= 0.3 is 0 Å². The van der Waals surface area contributed by atoms with E-state index in [4.69, 9.17) is 23.2 Å². The second-order valence-electron chi connectivity index (χ2n) is 4.40. The van der Waals surface area contributed by atoms with E-state index in [9.17, 15) is 14.0 Å². The Labute approximate surface area is 129 Å². The van der Waals surface area contributed by atoms with Gasteiger partial charge < -0.3 is 10.3 Å². The maximum Gasteiger partial charge on any atom is 0.260 e. The summed E-state index contributed by atoms with van der Waals surface area (Å²) in [7, 11) is 0. The monoisotopic (exact) mass is 328 g/mol. The van der Waals surface area contributed by atoms with Gasteiger partial charge in [-0.3, -0.25) is 9.59 Å². The molecular weight excluding hydrogens is 318 g/mol. The molecule has 1 heterocycles. The van der Waals surface area contributed by atoms with Gasteiger partial charge in [0.15, 0.2) is 0 Å². The molecule has 2 N–H and O–H groups in total. The van der Waals surface area contributed by atoms with Crippen molar-refractivity contribution >= 4 is 29.1 Å². The second kappa shape index (κ2) is 6.28. The van der Waals surface area contributed by atoms with Crippen LogP contribution in [0.1, 0.15) is 28.9 Å². The van der Waals surface area contributed by atoms with E-state index in [2.05, 4.69) is 10.3 Å². The van der Waals surface area contributed by atoms with Crippen molar-refractivity contribution in [1.29, 1.82) is 0 Å². The lowest BCUT2D eigenvalue weighted by Gasteiger charge is -2.16. The first kappa shape index (κ1) is 15.5. The van der Waals surface area contributed by atoms with Gasteiger partial charge in [0.2, 0.25) is 0 Å². The zero-order chi connectivity index (χ0) is 15.6. The van der Waals surface area contributed by atoms with Crippen molar-refractivity contribution in [3.05, 3.63) is 67.8 Å². The number of hydrogen-bond donors (Lipinski definition) is 2. The number of halogens is 3. The van der Waals surface area contributed by atoms with E-state index >= 15 is 0 Å². The minimum absolute atomic E-state index is 0.0325. The SMILES string of the molecule is C[C@@H](NC(=O)c1ccc[nH]c1=O)c1cc(F)c(Cl)cc1Cl. The molecule has 0 aliphatic carbocycles. The summed E-state index contributed by atoms with van der Waals surface area (Å²) in [5, 5.41) is 2.72. The minimum Gasteiger partial charge on any atom is -0.345 e. The predicted octanol–water partition coefficient (Wildman–Crippen LogP) is 3.31.